The summed E-state index contributed by atoms with van der Waals surface area (Å²) in [6, 6.07) is 9.92. The number of anilines is 1. The fraction of sp³-hybridized carbons (Fsp3) is 0.273. The molecule has 2 aromatic rings. The molecule has 0 spiro atoms. The number of allylic oxidation sites excluding steroid dienone is 1. The van der Waals surface area contributed by atoms with Crippen LogP contribution < -0.4 is 25.4 Å². The van der Waals surface area contributed by atoms with Crippen LogP contribution in [0.15, 0.2) is 47.7 Å². The maximum Gasteiger partial charge on any atom is 0.319 e. The SMILES string of the molecule is COc1ccc(OC)c([C@H]2NC(=O)NC(C)=C2C(=O)Nc2cccc(C)c2C)c1. The summed E-state index contributed by atoms with van der Waals surface area (Å²) in [7, 11) is 3.10. The van der Waals surface area contributed by atoms with E-state index in [-0.39, 0.29) is 11.9 Å². The molecular formula is C22H25N3O4. The predicted molar refractivity (Wildman–Crippen MR) is 111 cm³/mol. The molecule has 0 aliphatic carbocycles. The third kappa shape index (κ3) is 4.03. The number of aryl methyl sites for hydroxylation is 1. The van der Waals surface area contributed by atoms with Gasteiger partial charge in [0.2, 0.25) is 0 Å². The summed E-state index contributed by atoms with van der Waals surface area (Å²) in [6.07, 6.45) is 0. The Bertz CT molecular complexity index is 998. The Labute approximate surface area is 170 Å². The number of hydrogen-bond acceptors (Lipinski definition) is 4. The van der Waals surface area contributed by atoms with Crippen molar-refractivity contribution in [3.05, 3.63) is 64.4 Å². The van der Waals surface area contributed by atoms with Crippen molar-refractivity contribution in [1.29, 1.82) is 0 Å². The quantitative estimate of drug-likeness (QED) is 0.722. The van der Waals surface area contributed by atoms with E-state index < -0.39 is 6.04 Å². The van der Waals surface area contributed by atoms with Gasteiger partial charge >= 0.3 is 6.03 Å². The van der Waals surface area contributed by atoms with Crippen molar-refractivity contribution in [2.24, 2.45) is 0 Å². The molecule has 0 aromatic heterocycles. The molecule has 0 fully saturated rings. The third-order valence-corrected chi connectivity index (χ3v) is 5.11. The monoisotopic (exact) mass is 395 g/mol. The first kappa shape index (κ1) is 20.3. The zero-order valence-corrected chi connectivity index (χ0v) is 17.2. The molecule has 1 aliphatic heterocycles. The van der Waals surface area contributed by atoms with Gasteiger partial charge in [0.05, 0.1) is 25.8 Å². The number of carbonyl (C=O) groups excluding carboxylic acids is 2. The summed E-state index contributed by atoms with van der Waals surface area (Å²) in [6.45, 7) is 5.65. The van der Waals surface area contributed by atoms with E-state index in [4.69, 9.17) is 9.47 Å². The Morgan fingerprint density at radius 1 is 1.07 bits per heavy atom. The summed E-state index contributed by atoms with van der Waals surface area (Å²) < 4.78 is 10.8. The van der Waals surface area contributed by atoms with E-state index in [2.05, 4.69) is 16.0 Å². The molecule has 3 amide bonds. The number of methoxy groups -OCH3 is 2. The minimum atomic E-state index is -0.695. The topological polar surface area (TPSA) is 88.7 Å². The first-order chi connectivity index (χ1) is 13.8. The standard InChI is InChI=1S/C22H25N3O4/c1-12-7-6-8-17(13(12)2)24-21(26)19-14(3)23-22(27)25-20(19)16-11-15(28-4)9-10-18(16)29-5/h6-11,20H,1-5H3,(H,24,26)(H2,23,25,27)/t20-/m1/s1. The van der Waals surface area contributed by atoms with Gasteiger partial charge in [0.25, 0.3) is 5.91 Å². The third-order valence-electron chi connectivity index (χ3n) is 5.11. The van der Waals surface area contributed by atoms with Gasteiger partial charge in [0, 0.05) is 16.9 Å². The van der Waals surface area contributed by atoms with E-state index >= 15 is 0 Å². The molecule has 0 radical (unpaired) electrons. The lowest BCUT2D eigenvalue weighted by atomic mass is 9.93. The van der Waals surface area contributed by atoms with Crippen LogP contribution in [0.4, 0.5) is 10.5 Å². The van der Waals surface area contributed by atoms with E-state index in [0.29, 0.717) is 28.3 Å². The Kier molecular flexibility index (Phi) is 5.77. The lowest BCUT2D eigenvalue weighted by Crippen LogP contribution is -2.46. The van der Waals surface area contributed by atoms with Gasteiger partial charge in [0.1, 0.15) is 11.5 Å². The molecule has 0 bridgehead atoms. The van der Waals surface area contributed by atoms with Crippen molar-refractivity contribution in [3.63, 3.8) is 0 Å². The summed E-state index contributed by atoms with van der Waals surface area (Å²) in [5.41, 5.74) is 4.30. The predicted octanol–water partition coefficient (Wildman–Crippen LogP) is 3.59. The van der Waals surface area contributed by atoms with E-state index in [0.717, 1.165) is 16.8 Å². The van der Waals surface area contributed by atoms with Crippen molar-refractivity contribution in [3.8, 4) is 11.5 Å². The van der Waals surface area contributed by atoms with E-state index in [1.165, 1.54) is 0 Å². The molecule has 0 unspecified atom stereocenters. The minimum absolute atomic E-state index is 0.307. The smallest absolute Gasteiger partial charge is 0.319 e. The fourth-order valence-corrected chi connectivity index (χ4v) is 3.37. The maximum atomic E-state index is 13.3. The van der Waals surface area contributed by atoms with Gasteiger partial charge < -0.3 is 25.4 Å². The highest BCUT2D eigenvalue weighted by molar-refractivity contribution is 6.07. The zero-order chi connectivity index (χ0) is 21.1. The van der Waals surface area contributed by atoms with Crippen LogP contribution in [-0.2, 0) is 4.79 Å². The molecule has 1 aliphatic rings. The molecule has 0 saturated heterocycles. The van der Waals surface area contributed by atoms with E-state index in [1.807, 2.05) is 32.0 Å². The number of benzene rings is 2. The molecule has 3 rings (SSSR count). The van der Waals surface area contributed by atoms with Crippen molar-refractivity contribution in [2.75, 3.05) is 19.5 Å². The number of nitrogens with one attached hydrogen (secondary N) is 3. The largest absolute Gasteiger partial charge is 0.497 e. The molecule has 0 saturated carbocycles. The fourth-order valence-electron chi connectivity index (χ4n) is 3.37. The van der Waals surface area contributed by atoms with Gasteiger partial charge in [0.15, 0.2) is 0 Å². The highest BCUT2D eigenvalue weighted by atomic mass is 16.5. The van der Waals surface area contributed by atoms with Gasteiger partial charge in [-0.3, -0.25) is 4.79 Å². The second-order valence-corrected chi connectivity index (χ2v) is 6.88. The second-order valence-electron chi connectivity index (χ2n) is 6.88. The van der Waals surface area contributed by atoms with Gasteiger partial charge in [-0.25, -0.2) is 4.79 Å². The number of ether oxygens (including phenoxy) is 2. The Morgan fingerprint density at radius 2 is 1.83 bits per heavy atom. The van der Waals surface area contributed by atoms with Crippen molar-refractivity contribution in [1.82, 2.24) is 10.6 Å². The van der Waals surface area contributed by atoms with Crippen LogP contribution in [0.5, 0.6) is 11.5 Å². The number of urea groups is 1. The number of hydrogen-bond donors (Lipinski definition) is 3. The van der Waals surface area contributed by atoms with E-state index in [1.54, 1.807) is 39.3 Å². The molecule has 2 aromatic carbocycles. The van der Waals surface area contributed by atoms with Crippen LogP contribution >= 0.6 is 0 Å². The summed E-state index contributed by atoms with van der Waals surface area (Å²) in [5, 5.41) is 8.48. The van der Waals surface area contributed by atoms with Gasteiger partial charge in [-0.15, -0.1) is 0 Å². The van der Waals surface area contributed by atoms with Gasteiger partial charge in [-0.05, 0) is 56.2 Å². The van der Waals surface area contributed by atoms with Gasteiger partial charge in [-0.2, -0.15) is 0 Å². The molecule has 7 nitrogen and oxygen atoms in total. The minimum Gasteiger partial charge on any atom is -0.497 e. The molecule has 152 valence electrons. The van der Waals surface area contributed by atoms with Crippen LogP contribution in [0.1, 0.15) is 29.7 Å². The average Bonchev–Trinajstić information content (AvgIpc) is 2.70. The number of rotatable bonds is 5. The number of amides is 3. The number of carbonyl (C=O) groups is 2. The summed E-state index contributed by atoms with van der Waals surface area (Å²) in [4.78, 5) is 25.4. The highest BCUT2D eigenvalue weighted by Crippen LogP contribution is 2.36. The first-order valence-corrected chi connectivity index (χ1v) is 9.23. The van der Waals surface area contributed by atoms with Crippen molar-refractivity contribution in [2.45, 2.75) is 26.8 Å². The molecule has 3 N–H and O–H groups in total. The molecule has 7 heteroatoms. The zero-order valence-electron chi connectivity index (χ0n) is 17.2. The van der Waals surface area contributed by atoms with E-state index in [9.17, 15) is 9.59 Å². The Hall–Kier alpha value is -3.48. The second kappa shape index (κ2) is 8.26. The summed E-state index contributed by atoms with van der Waals surface area (Å²) in [5.74, 6) is 0.835. The normalized spacial score (nSPS) is 16.0. The first-order valence-electron chi connectivity index (χ1n) is 9.23. The lowest BCUT2D eigenvalue weighted by molar-refractivity contribution is -0.113. The van der Waals surface area contributed by atoms with Gasteiger partial charge in [-0.1, -0.05) is 12.1 Å². The molecule has 1 heterocycles. The highest BCUT2D eigenvalue weighted by Gasteiger charge is 2.33. The van der Waals surface area contributed by atoms with Crippen LogP contribution in [-0.4, -0.2) is 26.2 Å². The van der Waals surface area contributed by atoms with Crippen LogP contribution in [0, 0.1) is 13.8 Å². The Balaban J connectivity index is 2.05. The molecule has 1 atom stereocenters. The maximum absolute atomic E-state index is 13.3. The average molecular weight is 395 g/mol. The van der Waals surface area contributed by atoms with Crippen LogP contribution in [0.25, 0.3) is 0 Å². The summed E-state index contributed by atoms with van der Waals surface area (Å²) >= 11 is 0. The van der Waals surface area contributed by atoms with Crippen LogP contribution in [0.3, 0.4) is 0 Å². The lowest BCUT2D eigenvalue weighted by Gasteiger charge is -2.30. The van der Waals surface area contributed by atoms with Crippen LogP contribution in [0.2, 0.25) is 0 Å². The van der Waals surface area contributed by atoms with Crippen molar-refractivity contribution < 1.29 is 19.1 Å². The molecule has 29 heavy (non-hydrogen) atoms. The molecular weight excluding hydrogens is 370 g/mol. The Morgan fingerprint density at radius 3 is 2.52 bits per heavy atom. The van der Waals surface area contributed by atoms with Crippen molar-refractivity contribution >= 4 is 17.6 Å².